The van der Waals surface area contributed by atoms with E-state index in [9.17, 15) is 18.0 Å². The molecule has 162 valence electrons. The Hall–Kier alpha value is -3.14. The van der Waals surface area contributed by atoms with Gasteiger partial charge in [0.15, 0.2) is 0 Å². The molecule has 0 spiro atoms. The maximum Gasteiger partial charge on any atom is 0.433 e. The number of hydrogen-bond acceptors (Lipinski definition) is 5. The third kappa shape index (κ3) is 3.31. The molecular formula is C21H20F3N5O2. The van der Waals surface area contributed by atoms with Crippen molar-refractivity contribution >= 4 is 22.5 Å². The van der Waals surface area contributed by atoms with Gasteiger partial charge in [0.05, 0.1) is 24.4 Å². The number of rotatable bonds is 4. The summed E-state index contributed by atoms with van der Waals surface area (Å²) in [5.74, 6) is 0.218. The molecule has 1 N–H and O–H groups in total. The van der Waals surface area contributed by atoms with Gasteiger partial charge in [0, 0.05) is 36.2 Å². The van der Waals surface area contributed by atoms with E-state index in [0.29, 0.717) is 29.4 Å². The number of nitrogens with one attached hydrogen (secondary N) is 1. The molecule has 1 amide bonds. The van der Waals surface area contributed by atoms with E-state index in [1.807, 2.05) is 10.9 Å². The maximum atomic E-state index is 12.9. The number of halogens is 3. The summed E-state index contributed by atoms with van der Waals surface area (Å²) in [7, 11) is 3.58. The Bertz CT molecular complexity index is 1180. The summed E-state index contributed by atoms with van der Waals surface area (Å²) in [4.78, 5) is 18.3. The van der Waals surface area contributed by atoms with Crippen molar-refractivity contribution < 1.29 is 22.7 Å². The third-order valence-corrected chi connectivity index (χ3v) is 6.24. The number of nitrogens with zero attached hydrogens (tertiary/aromatic N) is 4. The fourth-order valence-corrected chi connectivity index (χ4v) is 4.46. The monoisotopic (exact) mass is 431 g/mol. The van der Waals surface area contributed by atoms with E-state index in [4.69, 9.17) is 4.74 Å². The van der Waals surface area contributed by atoms with E-state index in [0.717, 1.165) is 36.0 Å². The first-order valence-corrected chi connectivity index (χ1v) is 9.87. The molecule has 2 fully saturated rings. The van der Waals surface area contributed by atoms with Crippen molar-refractivity contribution in [3.63, 3.8) is 0 Å². The van der Waals surface area contributed by atoms with E-state index in [1.54, 1.807) is 12.1 Å². The van der Waals surface area contributed by atoms with Crippen LogP contribution in [-0.2, 0) is 6.18 Å². The van der Waals surface area contributed by atoms with E-state index >= 15 is 0 Å². The molecule has 10 heteroatoms. The predicted molar refractivity (Wildman–Crippen MR) is 107 cm³/mol. The zero-order valence-corrected chi connectivity index (χ0v) is 16.8. The Morgan fingerprint density at radius 2 is 2.06 bits per heavy atom. The number of fused-ring (bicyclic) bond motifs is 2. The normalized spacial score (nSPS) is 23.1. The van der Waals surface area contributed by atoms with Crippen LogP contribution in [0.1, 0.15) is 28.6 Å². The van der Waals surface area contributed by atoms with Gasteiger partial charge in [-0.15, -0.1) is 0 Å². The fraction of sp³-hybridized carbons (Fsp3) is 0.381. The SMILES string of the molecule is COc1cc2nn([C@H]3CC4[C@H]3CN4C)cc2cc1NC(=O)c1cccc(C(F)(F)F)n1. The Morgan fingerprint density at radius 1 is 1.26 bits per heavy atom. The highest BCUT2D eigenvalue weighted by atomic mass is 19.4. The molecule has 3 heterocycles. The van der Waals surface area contributed by atoms with Gasteiger partial charge in [0.1, 0.15) is 17.1 Å². The zero-order chi connectivity index (χ0) is 21.9. The van der Waals surface area contributed by atoms with E-state index in [2.05, 4.69) is 27.3 Å². The van der Waals surface area contributed by atoms with Gasteiger partial charge in [-0.1, -0.05) is 6.07 Å². The molecule has 31 heavy (non-hydrogen) atoms. The van der Waals surface area contributed by atoms with E-state index in [1.165, 1.54) is 13.2 Å². The minimum Gasteiger partial charge on any atom is -0.494 e. The van der Waals surface area contributed by atoms with Crippen molar-refractivity contribution in [3.05, 3.63) is 47.9 Å². The second-order valence-corrected chi connectivity index (χ2v) is 8.05. The number of carbonyl (C=O) groups excluding carboxylic acids is 1. The number of piperidine rings is 1. The van der Waals surface area contributed by atoms with Crippen LogP contribution in [0.25, 0.3) is 10.9 Å². The molecule has 2 aliphatic rings. The van der Waals surface area contributed by atoms with Gasteiger partial charge in [0.2, 0.25) is 0 Å². The molecule has 0 radical (unpaired) electrons. The maximum absolute atomic E-state index is 12.9. The molecule has 3 atom stereocenters. The van der Waals surface area contributed by atoms with Gasteiger partial charge in [-0.25, -0.2) is 4.98 Å². The van der Waals surface area contributed by atoms with Crippen molar-refractivity contribution in [1.82, 2.24) is 19.7 Å². The molecule has 1 unspecified atom stereocenters. The summed E-state index contributed by atoms with van der Waals surface area (Å²) >= 11 is 0. The standard InChI is InChI=1S/C21H20F3N5O2/c1-28-10-12-16(28)8-17(12)29-9-11-6-15(18(31-2)7-14(11)27-29)26-20(30)13-4-3-5-19(25-13)21(22,23)24/h3-7,9,12,16-17H,8,10H2,1-2H3,(H,26,30)/t12-,16?,17+/m1/s1. The van der Waals surface area contributed by atoms with Crippen LogP contribution in [0.15, 0.2) is 36.5 Å². The Labute approximate surface area is 175 Å². The number of likely N-dealkylation sites (tertiary alicyclic amines) is 1. The molecule has 2 aromatic heterocycles. The summed E-state index contributed by atoms with van der Waals surface area (Å²) in [5.41, 5.74) is -0.386. The van der Waals surface area contributed by atoms with Gasteiger partial charge in [0.25, 0.3) is 5.91 Å². The van der Waals surface area contributed by atoms with E-state index in [-0.39, 0.29) is 5.69 Å². The summed E-state index contributed by atoms with van der Waals surface area (Å²) in [6.07, 6.45) is -1.64. The Balaban J connectivity index is 1.41. The van der Waals surface area contributed by atoms with Crippen molar-refractivity contribution in [3.8, 4) is 5.75 Å². The van der Waals surface area contributed by atoms with Crippen molar-refractivity contribution in [2.45, 2.75) is 24.7 Å². The molecule has 1 saturated heterocycles. The highest BCUT2D eigenvalue weighted by molar-refractivity contribution is 6.05. The predicted octanol–water partition coefficient (Wildman–Crippen LogP) is 3.59. The van der Waals surface area contributed by atoms with Gasteiger partial charge < -0.3 is 15.0 Å². The number of ether oxygens (including phenoxy) is 1. The lowest BCUT2D eigenvalue weighted by Crippen LogP contribution is -2.65. The second kappa shape index (κ2) is 6.94. The van der Waals surface area contributed by atoms with Crippen LogP contribution in [-0.4, -0.2) is 52.3 Å². The lowest BCUT2D eigenvalue weighted by molar-refractivity contribution is -0.141. The van der Waals surface area contributed by atoms with Crippen molar-refractivity contribution in [2.75, 3.05) is 26.0 Å². The largest absolute Gasteiger partial charge is 0.494 e. The molecule has 1 aliphatic heterocycles. The molecule has 3 aromatic rings. The molecule has 1 aromatic carbocycles. The number of hydrogen-bond donors (Lipinski definition) is 1. The van der Waals surface area contributed by atoms with E-state index < -0.39 is 17.8 Å². The number of methoxy groups -OCH3 is 1. The number of amides is 1. The average Bonchev–Trinajstić information content (AvgIpc) is 3.12. The first-order chi connectivity index (χ1) is 14.7. The van der Waals surface area contributed by atoms with Crippen molar-refractivity contribution in [2.24, 2.45) is 5.92 Å². The van der Waals surface area contributed by atoms with Gasteiger partial charge in [-0.3, -0.25) is 9.48 Å². The summed E-state index contributed by atoms with van der Waals surface area (Å²) in [6.45, 7) is 1.06. The van der Waals surface area contributed by atoms with Crippen LogP contribution in [0, 0.1) is 5.92 Å². The quantitative estimate of drug-likeness (QED) is 0.684. The molecule has 1 aliphatic carbocycles. The third-order valence-electron chi connectivity index (χ3n) is 6.24. The molecule has 0 bridgehead atoms. The molecule has 5 rings (SSSR count). The summed E-state index contributed by atoms with van der Waals surface area (Å²) in [6, 6.07) is 7.61. The minimum absolute atomic E-state index is 0.331. The minimum atomic E-state index is -4.63. The fourth-order valence-electron chi connectivity index (χ4n) is 4.46. The number of aromatic nitrogens is 3. The van der Waals surface area contributed by atoms with Gasteiger partial charge in [-0.05, 0) is 31.7 Å². The number of anilines is 1. The van der Waals surface area contributed by atoms with Crippen molar-refractivity contribution in [1.29, 1.82) is 0 Å². The first-order valence-electron chi connectivity index (χ1n) is 9.87. The number of pyridine rings is 1. The lowest BCUT2D eigenvalue weighted by atomic mass is 9.67. The zero-order valence-electron chi connectivity index (χ0n) is 16.8. The summed E-state index contributed by atoms with van der Waals surface area (Å²) < 4.78 is 46.1. The molecule has 7 nitrogen and oxygen atoms in total. The topological polar surface area (TPSA) is 72.3 Å². The van der Waals surface area contributed by atoms with Gasteiger partial charge in [-0.2, -0.15) is 18.3 Å². The number of carbonyl (C=O) groups is 1. The van der Waals surface area contributed by atoms with Crippen LogP contribution >= 0.6 is 0 Å². The number of alkyl halides is 3. The van der Waals surface area contributed by atoms with Crippen LogP contribution in [0.4, 0.5) is 18.9 Å². The second-order valence-electron chi connectivity index (χ2n) is 8.05. The number of benzene rings is 1. The van der Waals surface area contributed by atoms with Crippen LogP contribution < -0.4 is 10.1 Å². The van der Waals surface area contributed by atoms with Gasteiger partial charge >= 0.3 is 6.18 Å². The van der Waals surface area contributed by atoms with Crippen LogP contribution in [0.3, 0.4) is 0 Å². The Morgan fingerprint density at radius 3 is 2.71 bits per heavy atom. The molecular weight excluding hydrogens is 411 g/mol. The summed E-state index contributed by atoms with van der Waals surface area (Å²) in [5, 5.41) is 8.09. The van der Waals surface area contributed by atoms with Crippen LogP contribution in [0.5, 0.6) is 5.75 Å². The average molecular weight is 431 g/mol. The van der Waals surface area contributed by atoms with Crippen LogP contribution in [0.2, 0.25) is 0 Å². The lowest BCUT2D eigenvalue weighted by Gasteiger charge is -2.58. The highest BCUT2D eigenvalue weighted by Crippen LogP contribution is 2.48. The smallest absolute Gasteiger partial charge is 0.433 e. The highest BCUT2D eigenvalue weighted by Gasteiger charge is 2.52. The molecule has 1 saturated carbocycles. The first kappa shape index (κ1) is 19.8. The Kier molecular flexibility index (Phi) is 4.44.